The van der Waals surface area contributed by atoms with Crippen LogP contribution in [0, 0.1) is 18.6 Å². The quantitative estimate of drug-likeness (QED) is 0.646. The zero-order valence-electron chi connectivity index (χ0n) is 18.0. The molecule has 168 valence electrons. The predicted molar refractivity (Wildman–Crippen MR) is 120 cm³/mol. The summed E-state index contributed by atoms with van der Waals surface area (Å²) in [5.74, 6) is -1.24. The Morgan fingerprint density at radius 3 is 2.72 bits per heavy atom. The number of aromatic nitrogens is 1. The number of fused-ring (bicyclic) bond motifs is 1. The Labute approximate surface area is 185 Å². The number of rotatable bonds is 4. The van der Waals surface area contributed by atoms with Crippen LogP contribution in [0.25, 0.3) is 10.9 Å². The molecule has 0 aliphatic carbocycles. The van der Waals surface area contributed by atoms with Gasteiger partial charge in [0.1, 0.15) is 17.3 Å². The van der Waals surface area contributed by atoms with Crippen LogP contribution in [0.5, 0.6) is 0 Å². The van der Waals surface area contributed by atoms with Crippen molar-refractivity contribution < 1.29 is 18.3 Å². The Morgan fingerprint density at radius 1 is 1.12 bits per heavy atom. The van der Waals surface area contributed by atoms with Gasteiger partial charge in [0.2, 0.25) is 0 Å². The minimum absolute atomic E-state index is 0.229. The Balaban J connectivity index is 1.32. The van der Waals surface area contributed by atoms with E-state index in [1.165, 1.54) is 24.3 Å². The monoisotopic (exact) mass is 440 g/mol. The molecule has 32 heavy (non-hydrogen) atoms. The lowest BCUT2D eigenvalue weighted by atomic mass is 10.1. The number of anilines is 2. The summed E-state index contributed by atoms with van der Waals surface area (Å²) < 4.78 is 33.9. The maximum absolute atomic E-state index is 14.4. The van der Waals surface area contributed by atoms with Crippen molar-refractivity contribution in [3.63, 3.8) is 0 Å². The summed E-state index contributed by atoms with van der Waals surface area (Å²) in [5.41, 5.74) is 2.77. The zero-order chi connectivity index (χ0) is 22.2. The Morgan fingerprint density at radius 2 is 1.94 bits per heavy atom. The number of H-pyrrole nitrogens is 1. The normalized spacial score (nSPS) is 19.6. The number of nitrogens with zero attached hydrogens (tertiary/aromatic N) is 2. The third kappa shape index (κ3) is 4.08. The molecule has 8 heteroatoms. The summed E-state index contributed by atoms with van der Waals surface area (Å²) in [6.45, 7) is 6.85. The Hall–Kier alpha value is -2.97. The number of aromatic amines is 1. The van der Waals surface area contributed by atoms with Gasteiger partial charge in [0, 0.05) is 49.0 Å². The molecule has 1 atom stereocenters. The van der Waals surface area contributed by atoms with Gasteiger partial charge < -0.3 is 19.9 Å². The molecule has 2 aliphatic rings. The molecule has 0 unspecified atom stereocenters. The first-order chi connectivity index (χ1) is 15.5. The van der Waals surface area contributed by atoms with Crippen LogP contribution >= 0.6 is 0 Å². The highest BCUT2D eigenvalue weighted by Gasteiger charge is 2.29. The molecule has 3 aromatic rings. The average molecular weight is 440 g/mol. The van der Waals surface area contributed by atoms with Crippen LogP contribution in [-0.2, 0) is 4.74 Å². The highest BCUT2D eigenvalue weighted by Crippen LogP contribution is 2.28. The van der Waals surface area contributed by atoms with Crippen LogP contribution in [-0.4, -0.2) is 61.2 Å². The van der Waals surface area contributed by atoms with Gasteiger partial charge in [0.05, 0.1) is 18.7 Å². The van der Waals surface area contributed by atoms with Crippen molar-refractivity contribution in [3.05, 3.63) is 59.3 Å². The largest absolute Gasteiger partial charge is 0.379 e. The molecule has 2 aromatic carbocycles. The molecule has 0 spiro atoms. The number of benzene rings is 2. The lowest BCUT2D eigenvalue weighted by molar-refractivity contribution is 0.0209. The molecule has 6 nitrogen and oxygen atoms in total. The maximum atomic E-state index is 14.4. The molecular weight excluding hydrogens is 414 g/mol. The number of morpholine rings is 1. The fraction of sp³-hybridized carbons (Fsp3) is 0.375. The minimum atomic E-state index is -0.441. The van der Waals surface area contributed by atoms with E-state index in [4.69, 9.17) is 4.74 Å². The number of hydrogen-bond acceptors (Lipinski definition) is 4. The van der Waals surface area contributed by atoms with Crippen molar-refractivity contribution in [2.24, 2.45) is 0 Å². The average Bonchev–Trinajstić information content (AvgIpc) is 3.45. The molecule has 1 amide bonds. The minimum Gasteiger partial charge on any atom is -0.379 e. The van der Waals surface area contributed by atoms with E-state index in [2.05, 4.69) is 20.1 Å². The van der Waals surface area contributed by atoms with Crippen molar-refractivity contribution in [1.29, 1.82) is 0 Å². The van der Waals surface area contributed by atoms with Crippen molar-refractivity contribution in [1.82, 2.24) is 9.88 Å². The molecule has 3 heterocycles. The summed E-state index contributed by atoms with van der Waals surface area (Å²) in [5, 5.41) is 3.11. The van der Waals surface area contributed by atoms with Crippen molar-refractivity contribution in [2.75, 3.05) is 49.6 Å². The van der Waals surface area contributed by atoms with Crippen LogP contribution in [0.15, 0.2) is 36.4 Å². The van der Waals surface area contributed by atoms with Crippen LogP contribution in [0.1, 0.15) is 22.5 Å². The molecule has 2 saturated heterocycles. The van der Waals surface area contributed by atoms with E-state index in [1.54, 1.807) is 12.1 Å². The van der Waals surface area contributed by atoms with Gasteiger partial charge in [0.25, 0.3) is 5.91 Å². The molecule has 2 aliphatic heterocycles. The van der Waals surface area contributed by atoms with E-state index in [0.29, 0.717) is 22.6 Å². The highest BCUT2D eigenvalue weighted by molar-refractivity contribution is 6.06. The number of amides is 1. The first-order valence-electron chi connectivity index (χ1n) is 10.9. The lowest BCUT2D eigenvalue weighted by Gasteiger charge is -2.32. The Kier molecular flexibility index (Phi) is 5.57. The fourth-order valence-electron chi connectivity index (χ4n) is 4.69. The lowest BCUT2D eigenvalue weighted by Crippen LogP contribution is -2.44. The van der Waals surface area contributed by atoms with Gasteiger partial charge in [-0.1, -0.05) is 6.07 Å². The predicted octanol–water partition coefficient (Wildman–Crippen LogP) is 3.92. The number of carbonyl (C=O) groups is 1. The number of nitrogens with one attached hydrogen (secondary N) is 2. The van der Waals surface area contributed by atoms with E-state index in [-0.39, 0.29) is 5.69 Å². The Bertz CT molecular complexity index is 1120. The van der Waals surface area contributed by atoms with E-state index in [0.717, 1.165) is 57.1 Å². The third-order valence-corrected chi connectivity index (χ3v) is 6.42. The highest BCUT2D eigenvalue weighted by atomic mass is 19.1. The maximum Gasteiger partial charge on any atom is 0.272 e. The van der Waals surface area contributed by atoms with Gasteiger partial charge in [0.15, 0.2) is 0 Å². The van der Waals surface area contributed by atoms with E-state index in [9.17, 15) is 13.6 Å². The molecule has 0 saturated carbocycles. The number of carbonyl (C=O) groups excluding carboxylic acids is 1. The van der Waals surface area contributed by atoms with Crippen molar-refractivity contribution in [2.45, 2.75) is 19.4 Å². The summed E-state index contributed by atoms with van der Waals surface area (Å²) in [6.07, 6.45) is 1.01. The summed E-state index contributed by atoms with van der Waals surface area (Å²) in [4.78, 5) is 20.4. The third-order valence-electron chi connectivity index (χ3n) is 6.42. The molecule has 2 fully saturated rings. The van der Waals surface area contributed by atoms with Gasteiger partial charge in [-0.05, 0) is 49.2 Å². The number of halogens is 2. The fourth-order valence-corrected chi connectivity index (χ4v) is 4.69. The second kappa shape index (κ2) is 8.52. The molecule has 2 N–H and O–H groups in total. The van der Waals surface area contributed by atoms with Gasteiger partial charge in [-0.3, -0.25) is 9.69 Å². The van der Waals surface area contributed by atoms with E-state index >= 15 is 0 Å². The number of hydrogen-bond donors (Lipinski definition) is 2. The molecule has 0 radical (unpaired) electrons. The second-order valence-corrected chi connectivity index (χ2v) is 8.53. The first kappa shape index (κ1) is 20.9. The topological polar surface area (TPSA) is 60.6 Å². The zero-order valence-corrected chi connectivity index (χ0v) is 18.0. The van der Waals surface area contributed by atoms with E-state index in [1.807, 2.05) is 6.92 Å². The number of aryl methyl sites for hydroxylation is 1. The first-order valence-corrected chi connectivity index (χ1v) is 10.9. The van der Waals surface area contributed by atoms with Crippen molar-refractivity contribution in [3.8, 4) is 0 Å². The molecular formula is C24H26F2N4O2. The van der Waals surface area contributed by atoms with Crippen LogP contribution < -0.4 is 10.2 Å². The smallest absolute Gasteiger partial charge is 0.272 e. The number of ether oxygens (including phenoxy) is 1. The van der Waals surface area contributed by atoms with Crippen molar-refractivity contribution >= 4 is 28.2 Å². The second-order valence-electron chi connectivity index (χ2n) is 8.53. The summed E-state index contributed by atoms with van der Waals surface area (Å²) >= 11 is 0. The molecule has 5 rings (SSSR count). The van der Waals surface area contributed by atoms with Gasteiger partial charge in [-0.25, -0.2) is 8.78 Å². The van der Waals surface area contributed by atoms with Crippen LogP contribution in [0.3, 0.4) is 0 Å². The van der Waals surface area contributed by atoms with E-state index < -0.39 is 17.5 Å². The standard InChI is InChI=1S/C24H26F2N4O2/c1-15-2-3-21(26)20-13-22(28-23(15)20)24(31)27-17-10-16(25)11-19(12-17)30-5-4-18(14-30)29-6-8-32-9-7-29/h2-3,10-13,18,28H,4-9,14H2,1H3,(H,27,31)/t18-/m0/s1. The SMILES string of the molecule is Cc1ccc(F)c2cc(C(=O)Nc3cc(F)cc(N4CC[C@H](N5CCOCC5)C4)c3)[nH]c12. The summed E-state index contributed by atoms with van der Waals surface area (Å²) in [7, 11) is 0. The molecule has 1 aromatic heterocycles. The van der Waals surface area contributed by atoms with Gasteiger partial charge in [-0.2, -0.15) is 0 Å². The summed E-state index contributed by atoms with van der Waals surface area (Å²) in [6, 6.07) is 9.54. The molecule has 0 bridgehead atoms. The van der Waals surface area contributed by atoms with Crippen LogP contribution in [0.2, 0.25) is 0 Å². The van der Waals surface area contributed by atoms with Crippen LogP contribution in [0.4, 0.5) is 20.2 Å². The van der Waals surface area contributed by atoms with Gasteiger partial charge >= 0.3 is 0 Å². The van der Waals surface area contributed by atoms with Gasteiger partial charge in [-0.15, -0.1) is 0 Å².